The molecule has 1 unspecified atom stereocenters. The Morgan fingerprint density at radius 3 is 2.83 bits per heavy atom. The average Bonchev–Trinajstić information content (AvgIpc) is 2.54. The molecule has 4 nitrogen and oxygen atoms in total. The fourth-order valence-corrected chi connectivity index (χ4v) is 4.09. The summed E-state index contributed by atoms with van der Waals surface area (Å²) in [5.41, 5.74) is 0. The van der Waals surface area contributed by atoms with E-state index in [2.05, 4.69) is 5.32 Å². The summed E-state index contributed by atoms with van der Waals surface area (Å²) < 4.78 is 24.8. The molecule has 1 aromatic rings. The van der Waals surface area contributed by atoms with Crippen molar-refractivity contribution in [3.63, 3.8) is 0 Å². The number of rotatable bonds is 2. The van der Waals surface area contributed by atoms with Crippen molar-refractivity contribution in [1.82, 2.24) is 5.32 Å². The van der Waals surface area contributed by atoms with Gasteiger partial charge in [0, 0.05) is 18.0 Å². The Morgan fingerprint density at radius 1 is 1.33 bits per heavy atom. The third-order valence-corrected chi connectivity index (χ3v) is 5.43. The molecule has 1 aromatic carbocycles. The van der Waals surface area contributed by atoms with Gasteiger partial charge in [-0.25, -0.2) is 8.42 Å². The van der Waals surface area contributed by atoms with E-state index in [1.807, 2.05) is 0 Å². The van der Waals surface area contributed by atoms with Gasteiger partial charge in [-0.05, 0) is 31.0 Å². The van der Waals surface area contributed by atoms with Crippen LogP contribution in [0.15, 0.2) is 29.2 Å². The van der Waals surface area contributed by atoms with Crippen LogP contribution in [0.25, 0.3) is 0 Å². The van der Waals surface area contributed by atoms with Crippen LogP contribution in [0, 0.1) is 0 Å². The van der Waals surface area contributed by atoms with E-state index in [4.69, 9.17) is 11.6 Å². The SMILES string of the molecule is O=C1CC(S(=O)(=O)c2cccc(Cl)c2)CCCN1. The fourth-order valence-electron chi connectivity index (χ4n) is 2.04. The van der Waals surface area contributed by atoms with E-state index in [0.717, 1.165) is 0 Å². The molecule has 6 heteroatoms. The van der Waals surface area contributed by atoms with E-state index < -0.39 is 15.1 Å². The molecular weight excluding hydrogens is 274 g/mol. The normalized spacial score (nSPS) is 21.2. The van der Waals surface area contributed by atoms with Gasteiger partial charge in [-0.15, -0.1) is 0 Å². The van der Waals surface area contributed by atoms with Gasteiger partial charge in [0.1, 0.15) is 0 Å². The summed E-state index contributed by atoms with van der Waals surface area (Å²) in [7, 11) is -3.49. The van der Waals surface area contributed by atoms with Gasteiger partial charge in [0.05, 0.1) is 10.1 Å². The molecule has 1 aliphatic rings. The molecule has 18 heavy (non-hydrogen) atoms. The molecule has 98 valence electrons. The van der Waals surface area contributed by atoms with Crippen molar-refractivity contribution in [3.05, 3.63) is 29.3 Å². The Bertz CT molecular complexity index is 556. The maximum Gasteiger partial charge on any atom is 0.221 e. The van der Waals surface area contributed by atoms with Gasteiger partial charge in [0.15, 0.2) is 9.84 Å². The van der Waals surface area contributed by atoms with Crippen LogP contribution in [0.1, 0.15) is 19.3 Å². The first-order valence-corrected chi connectivity index (χ1v) is 7.69. The summed E-state index contributed by atoms with van der Waals surface area (Å²) >= 11 is 5.81. The summed E-state index contributed by atoms with van der Waals surface area (Å²) in [5.74, 6) is -0.205. The molecule has 1 aliphatic heterocycles. The highest BCUT2D eigenvalue weighted by Crippen LogP contribution is 2.25. The van der Waals surface area contributed by atoms with Crippen LogP contribution in [0.5, 0.6) is 0 Å². The number of amides is 1. The van der Waals surface area contributed by atoms with Gasteiger partial charge in [0.25, 0.3) is 0 Å². The van der Waals surface area contributed by atoms with Crippen LogP contribution in [-0.4, -0.2) is 26.1 Å². The standard InChI is InChI=1S/C12H14ClNO3S/c13-9-3-1-4-10(7-9)18(16,17)11-5-2-6-14-12(15)8-11/h1,3-4,7,11H,2,5-6,8H2,(H,14,15). The maximum atomic E-state index is 12.4. The third kappa shape index (κ3) is 2.84. The lowest BCUT2D eigenvalue weighted by Crippen LogP contribution is -2.27. The zero-order valence-corrected chi connectivity index (χ0v) is 11.3. The third-order valence-electron chi connectivity index (χ3n) is 3.00. The lowest BCUT2D eigenvalue weighted by atomic mass is 10.2. The molecule has 1 fully saturated rings. The summed E-state index contributed by atoms with van der Waals surface area (Å²) in [4.78, 5) is 11.6. The Labute approximate surface area is 111 Å². The molecule has 0 aliphatic carbocycles. The second-order valence-corrected chi connectivity index (χ2v) is 6.99. The van der Waals surface area contributed by atoms with Crippen molar-refractivity contribution >= 4 is 27.3 Å². The van der Waals surface area contributed by atoms with E-state index in [-0.39, 0.29) is 17.2 Å². The van der Waals surface area contributed by atoms with Crippen LogP contribution in [0.4, 0.5) is 0 Å². The molecule has 0 saturated carbocycles. The van der Waals surface area contributed by atoms with E-state index in [1.54, 1.807) is 12.1 Å². The number of hydrogen-bond acceptors (Lipinski definition) is 3. The molecule has 1 amide bonds. The number of carbonyl (C=O) groups excluding carboxylic acids is 1. The summed E-state index contributed by atoms with van der Waals surface area (Å²) in [5, 5.41) is 2.41. The Balaban J connectivity index is 2.32. The molecular formula is C12H14ClNO3S. The minimum atomic E-state index is -3.49. The molecule has 0 radical (unpaired) electrons. The molecule has 2 rings (SSSR count). The minimum absolute atomic E-state index is 0.0227. The second-order valence-electron chi connectivity index (χ2n) is 4.32. The van der Waals surface area contributed by atoms with Gasteiger partial charge >= 0.3 is 0 Å². The highest BCUT2D eigenvalue weighted by Gasteiger charge is 2.30. The van der Waals surface area contributed by atoms with Crippen molar-refractivity contribution in [2.75, 3.05) is 6.54 Å². The molecule has 0 aromatic heterocycles. The molecule has 1 N–H and O–H groups in total. The molecule has 1 atom stereocenters. The number of nitrogens with one attached hydrogen (secondary N) is 1. The van der Waals surface area contributed by atoms with Gasteiger partial charge < -0.3 is 5.32 Å². The molecule has 0 bridgehead atoms. The number of carbonyl (C=O) groups is 1. The first-order valence-electron chi connectivity index (χ1n) is 5.76. The lowest BCUT2D eigenvalue weighted by Gasteiger charge is -2.14. The number of halogens is 1. The largest absolute Gasteiger partial charge is 0.356 e. The Morgan fingerprint density at radius 2 is 2.11 bits per heavy atom. The van der Waals surface area contributed by atoms with Crippen LogP contribution in [0.3, 0.4) is 0 Å². The van der Waals surface area contributed by atoms with Gasteiger partial charge in [-0.2, -0.15) is 0 Å². The molecule has 0 spiro atoms. The zero-order chi connectivity index (χ0) is 13.2. The van der Waals surface area contributed by atoms with Crippen LogP contribution in [0.2, 0.25) is 5.02 Å². The van der Waals surface area contributed by atoms with Crippen molar-refractivity contribution in [2.45, 2.75) is 29.4 Å². The number of benzene rings is 1. The van der Waals surface area contributed by atoms with Crippen molar-refractivity contribution in [3.8, 4) is 0 Å². The smallest absolute Gasteiger partial charge is 0.221 e. The Hall–Kier alpha value is -1.07. The quantitative estimate of drug-likeness (QED) is 0.902. The minimum Gasteiger partial charge on any atom is -0.356 e. The monoisotopic (exact) mass is 287 g/mol. The highest BCUT2D eigenvalue weighted by atomic mass is 35.5. The van der Waals surface area contributed by atoms with E-state index >= 15 is 0 Å². The predicted molar refractivity (Wildman–Crippen MR) is 69.3 cm³/mol. The number of sulfone groups is 1. The predicted octanol–water partition coefficient (Wildman–Crippen LogP) is 1.78. The maximum absolute atomic E-state index is 12.4. The van der Waals surface area contributed by atoms with Crippen LogP contribution in [-0.2, 0) is 14.6 Å². The summed E-state index contributed by atoms with van der Waals surface area (Å²) in [6, 6.07) is 6.18. The van der Waals surface area contributed by atoms with Crippen molar-refractivity contribution in [1.29, 1.82) is 0 Å². The van der Waals surface area contributed by atoms with E-state index in [0.29, 0.717) is 24.4 Å². The van der Waals surface area contributed by atoms with Crippen LogP contribution >= 0.6 is 11.6 Å². The average molecular weight is 288 g/mol. The molecule has 1 saturated heterocycles. The van der Waals surface area contributed by atoms with Crippen LogP contribution < -0.4 is 5.32 Å². The highest BCUT2D eigenvalue weighted by molar-refractivity contribution is 7.92. The lowest BCUT2D eigenvalue weighted by molar-refractivity contribution is -0.120. The van der Waals surface area contributed by atoms with Crippen molar-refractivity contribution in [2.24, 2.45) is 0 Å². The van der Waals surface area contributed by atoms with Gasteiger partial charge in [-0.1, -0.05) is 17.7 Å². The van der Waals surface area contributed by atoms with Gasteiger partial charge in [-0.3, -0.25) is 4.79 Å². The number of hydrogen-bond donors (Lipinski definition) is 1. The zero-order valence-electron chi connectivity index (χ0n) is 9.73. The van der Waals surface area contributed by atoms with E-state index in [1.165, 1.54) is 12.1 Å². The molecule has 1 heterocycles. The Kier molecular flexibility index (Phi) is 3.92. The van der Waals surface area contributed by atoms with Gasteiger partial charge in [0.2, 0.25) is 5.91 Å². The second kappa shape index (κ2) is 5.28. The van der Waals surface area contributed by atoms with E-state index in [9.17, 15) is 13.2 Å². The van der Waals surface area contributed by atoms with Crippen molar-refractivity contribution < 1.29 is 13.2 Å². The summed E-state index contributed by atoms with van der Waals surface area (Å²) in [6.45, 7) is 0.542. The topological polar surface area (TPSA) is 63.2 Å². The summed E-state index contributed by atoms with van der Waals surface area (Å²) in [6.07, 6.45) is 1.19. The first-order chi connectivity index (χ1) is 8.50. The first kappa shape index (κ1) is 13.4. The fraction of sp³-hybridized carbons (Fsp3) is 0.417.